The summed E-state index contributed by atoms with van der Waals surface area (Å²) in [6, 6.07) is 19.3. The number of ether oxygens (including phenoxy) is 2. The molecule has 1 aromatic heterocycles. The molecular weight excluding hydrogens is 380 g/mol. The van der Waals surface area contributed by atoms with Crippen molar-refractivity contribution < 1.29 is 14.3 Å². The lowest BCUT2D eigenvalue weighted by atomic mass is 10.1. The van der Waals surface area contributed by atoms with Crippen molar-refractivity contribution in [2.24, 2.45) is 0 Å². The monoisotopic (exact) mass is 400 g/mol. The maximum Gasteiger partial charge on any atom is 0.251 e. The Balaban J connectivity index is 1.30. The Bertz CT molecular complexity index is 1250. The van der Waals surface area contributed by atoms with Crippen LogP contribution in [0.15, 0.2) is 60.7 Å². The molecule has 150 valence electrons. The van der Waals surface area contributed by atoms with Crippen molar-refractivity contribution in [1.29, 1.82) is 0 Å². The number of benzene rings is 3. The molecule has 0 bridgehead atoms. The fourth-order valence-corrected chi connectivity index (χ4v) is 3.51. The number of hydrogen-bond acceptors (Lipinski definition) is 5. The second-order valence-corrected chi connectivity index (χ2v) is 7.25. The Morgan fingerprint density at radius 1 is 1.07 bits per heavy atom. The molecule has 30 heavy (non-hydrogen) atoms. The molecule has 1 aliphatic heterocycles. The summed E-state index contributed by atoms with van der Waals surface area (Å²) in [4.78, 5) is 12.6. The van der Waals surface area contributed by atoms with E-state index in [4.69, 9.17) is 9.47 Å². The summed E-state index contributed by atoms with van der Waals surface area (Å²) >= 11 is 0. The van der Waals surface area contributed by atoms with Gasteiger partial charge in [-0.1, -0.05) is 35.5 Å². The van der Waals surface area contributed by atoms with Crippen molar-refractivity contribution >= 4 is 16.9 Å². The molecule has 0 saturated carbocycles. The predicted octanol–water partition coefficient (Wildman–Crippen LogP) is 3.45. The van der Waals surface area contributed by atoms with Gasteiger partial charge in [-0.15, -0.1) is 5.10 Å². The molecule has 3 aromatic carbocycles. The van der Waals surface area contributed by atoms with Crippen LogP contribution >= 0.6 is 0 Å². The molecule has 2 heterocycles. The first-order valence-corrected chi connectivity index (χ1v) is 9.72. The van der Waals surface area contributed by atoms with Gasteiger partial charge in [0.05, 0.1) is 12.1 Å². The van der Waals surface area contributed by atoms with E-state index < -0.39 is 0 Å². The van der Waals surface area contributed by atoms with Crippen LogP contribution in [0, 0.1) is 6.92 Å². The van der Waals surface area contributed by atoms with Crippen LogP contribution in [0.2, 0.25) is 0 Å². The molecular formula is C23H20N4O3. The number of nitrogens with one attached hydrogen (secondary N) is 1. The fraction of sp³-hybridized carbons (Fsp3) is 0.174. The van der Waals surface area contributed by atoms with Crippen LogP contribution in [-0.4, -0.2) is 27.7 Å². The Labute approximate surface area is 173 Å². The van der Waals surface area contributed by atoms with E-state index in [1.54, 1.807) is 12.1 Å². The van der Waals surface area contributed by atoms with Gasteiger partial charge in [0.15, 0.2) is 11.5 Å². The second-order valence-electron chi connectivity index (χ2n) is 7.25. The molecule has 1 amide bonds. The topological polar surface area (TPSA) is 78.3 Å². The maximum atomic E-state index is 12.6. The van der Waals surface area contributed by atoms with Gasteiger partial charge in [-0.2, -0.15) is 0 Å². The van der Waals surface area contributed by atoms with Gasteiger partial charge in [0.25, 0.3) is 5.91 Å². The molecule has 0 fully saturated rings. The number of fused-ring (bicyclic) bond motifs is 2. The summed E-state index contributed by atoms with van der Waals surface area (Å²) in [5.74, 6) is 1.26. The number of aromatic nitrogens is 3. The van der Waals surface area contributed by atoms with Crippen molar-refractivity contribution in [2.75, 3.05) is 6.79 Å². The van der Waals surface area contributed by atoms with Gasteiger partial charge in [-0.3, -0.25) is 4.79 Å². The molecule has 5 rings (SSSR count). The van der Waals surface area contributed by atoms with Crippen molar-refractivity contribution in [3.05, 3.63) is 82.9 Å². The molecule has 0 saturated heterocycles. The minimum atomic E-state index is -0.164. The normalized spacial score (nSPS) is 12.3. The van der Waals surface area contributed by atoms with Gasteiger partial charge in [0.1, 0.15) is 5.52 Å². The number of rotatable bonds is 5. The zero-order valence-corrected chi connectivity index (χ0v) is 16.5. The molecule has 1 aliphatic rings. The highest BCUT2D eigenvalue weighted by Gasteiger charge is 2.14. The van der Waals surface area contributed by atoms with Crippen molar-refractivity contribution in [1.82, 2.24) is 20.3 Å². The SMILES string of the molecule is Cc1ccccc1Cn1nnc2cc(C(=O)NCc3ccc4c(c3)OCO4)ccc21. The Morgan fingerprint density at radius 3 is 2.83 bits per heavy atom. The van der Waals surface area contributed by atoms with Crippen LogP contribution in [0.5, 0.6) is 11.5 Å². The van der Waals surface area contributed by atoms with Crippen LogP contribution in [0.3, 0.4) is 0 Å². The third-order valence-corrected chi connectivity index (χ3v) is 5.25. The Hall–Kier alpha value is -3.87. The zero-order chi connectivity index (χ0) is 20.5. The summed E-state index contributed by atoms with van der Waals surface area (Å²) in [5, 5.41) is 11.5. The Morgan fingerprint density at radius 2 is 1.93 bits per heavy atom. The molecule has 0 radical (unpaired) electrons. The highest BCUT2D eigenvalue weighted by atomic mass is 16.7. The predicted molar refractivity (Wildman–Crippen MR) is 112 cm³/mol. The van der Waals surface area contributed by atoms with Gasteiger partial charge in [-0.25, -0.2) is 4.68 Å². The lowest BCUT2D eigenvalue weighted by Crippen LogP contribution is -2.22. The molecule has 4 aromatic rings. The number of aryl methyl sites for hydroxylation is 1. The van der Waals surface area contributed by atoms with E-state index in [0.29, 0.717) is 29.9 Å². The standard InChI is InChI=1S/C23H20N4O3/c1-15-4-2-3-5-18(15)13-27-20-8-7-17(11-19(20)25-26-27)23(28)24-12-16-6-9-21-22(10-16)30-14-29-21/h2-11H,12-14H2,1H3,(H,24,28). The quantitative estimate of drug-likeness (QED) is 0.555. The van der Waals surface area contributed by atoms with Gasteiger partial charge in [0, 0.05) is 12.1 Å². The summed E-state index contributed by atoms with van der Waals surface area (Å²) < 4.78 is 12.5. The smallest absolute Gasteiger partial charge is 0.251 e. The number of amides is 1. The van der Waals surface area contributed by atoms with E-state index in [0.717, 1.165) is 16.8 Å². The molecule has 0 unspecified atom stereocenters. The van der Waals surface area contributed by atoms with Crippen molar-refractivity contribution in [3.8, 4) is 11.5 Å². The lowest BCUT2D eigenvalue weighted by Gasteiger charge is -2.07. The number of carbonyl (C=O) groups is 1. The van der Waals surface area contributed by atoms with Gasteiger partial charge in [-0.05, 0) is 53.9 Å². The van der Waals surface area contributed by atoms with E-state index in [2.05, 4.69) is 34.7 Å². The van der Waals surface area contributed by atoms with Gasteiger partial charge >= 0.3 is 0 Å². The molecule has 0 atom stereocenters. The second kappa shape index (κ2) is 7.51. The molecule has 0 spiro atoms. The molecule has 7 heteroatoms. The minimum absolute atomic E-state index is 0.164. The van der Waals surface area contributed by atoms with E-state index in [1.807, 2.05) is 41.1 Å². The largest absolute Gasteiger partial charge is 0.454 e. The van der Waals surface area contributed by atoms with E-state index in [9.17, 15) is 4.79 Å². The van der Waals surface area contributed by atoms with E-state index >= 15 is 0 Å². The minimum Gasteiger partial charge on any atom is -0.454 e. The molecule has 1 N–H and O–H groups in total. The number of nitrogens with zero attached hydrogens (tertiary/aromatic N) is 3. The van der Waals surface area contributed by atoms with Crippen LogP contribution < -0.4 is 14.8 Å². The highest BCUT2D eigenvalue weighted by molar-refractivity contribution is 5.97. The van der Waals surface area contributed by atoms with E-state index in [1.165, 1.54) is 11.1 Å². The summed E-state index contributed by atoms with van der Waals surface area (Å²) in [5.41, 5.74) is 5.48. The average Bonchev–Trinajstić information content (AvgIpc) is 3.40. The van der Waals surface area contributed by atoms with Gasteiger partial charge < -0.3 is 14.8 Å². The van der Waals surface area contributed by atoms with Crippen molar-refractivity contribution in [2.45, 2.75) is 20.0 Å². The lowest BCUT2D eigenvalue weighted by molar-refractivity contribution is 0.0951. The van der Waals surface area contributed by atoms with Crippen molar-refractivity contribution in [3.63, 3.8) is 0 Å². The number of carbonyl (C=O) groups excluding carboxylic acids is 1. The Kier molecular flexibility index (Phi) is 4.55. The van der Waals surface area contributed by atoms with Crippen LogP contribution in [0.25, 0.3) is 11.0 Å². The van der Waals surface area contributed by atoms with Crippen LogP contribution in [0.4, 0.5) is 0 Å². The first-order chi connectivity index (χ1) is 14.7. The third kappa shape index (κ3) is 3.45. The maximum absolute atomic E-state index is 12.6. The molecule has 0 aliphatic carbocycles. The zero-order valence-electron chi connectivity index (χ0n) is 16.5. The summed E-state index contributed by atoms with van der Waals surface area (Å²) in [6.07, 6.45) is 0. The fourth-order valence-electron chi connectivity index (χ4n) is 3.51. The highest BCUT2D eigenvalue weighted by Crippen LogP contribution is 2.32. The third-order valence-electron chi connectivity index (χ3n) is 5.25. The van der Waals surface area contributed by atoms with Gasteiger partial charge in [0.2, 0.25) is 6.79 Å². The first kappa shape index (κ1) is 18.2. The van der Waals surface area contributed by atoms with Crippen LogP contribution in [-0.2, 0) is 13.1 Å². The summed E-state index contributed by atoms with van der Waals surface area (Å²) in [6.45, 7) is 3.35. The average molecular weight is 400 g/mol. The molecule has 7 nitrogen and oxygen atoms in total. The first-order valence-electron chi connectivity index (χ1n) is 9.72. The number of hydrogen-bond donors (Lipinski definition) is 1. The van der Waals surface area contributed by atoms with E-state index in [-0.39, 0.29) is 12.7 Å². The summed E-state index contributed by atoms with van der Waals surface area (Å²) in [7, 11) is 0. The van der Waals surface area contributed by atoms with Crippen LogP contribution in [0.1, 0.15) is 27.0 Å².